The van der Waals surface area contributed by atoms with Gasteiger partial charge in [-0.05, 0) is 91.0 Å². The molecule has 0 aliphatic heterocycles. The van der Waals surface area contributed by atoms with Gasteiger partial charge in [-0.3, -0.25) is 0 Å². The molecule has 7 aromatic carbocycles. The quantitative estimate of drug-likeness (QED) is 0.216. The molecule has 9 aromatic rings. The number of fused-ring (bicyclic) bond motifs is 8. The van der Waals surface area contributed by atoms with Crippen molar-refractivity contribution in [3.05, 3.63) is 134 Å². The first-order chi connectivity index (χ1) is 19.8. The second kappa shape index (κ2) is 8.08. The van der Waals surface area contributed by atoms with Crippen molar-refractivity contribution in [2.24, 2.45) is 0 Å². The zero-order valence-electron chi connectivity index (χ0n) is 21.5. The Hall–Kier alpha value is -5.34. The molecule has 0 saturated heterocycles. The highest BCUT2D eigenvalue weighted by Crippen LogP contribution is 2.45. The lowest BCUT2D eigenvalue weighted by atomic mass is 9.85. The van der Waals surface area contributed by atoms with E-state index < -0.39 is 0 Å². The minimum Gasteiger partial charge on any atom is -0.464 e. The zero-order chi connectivity index (χ0) is 26.2. The minimum absolute atomic E-state index is 0.841. The van der Waals surface area contributed by atoms with Crippen LogP contribution in [0, 0.1) is 0 Å². The van der Waals surface area contributed by atoms with Crippen LogP contribution in [-0.2, 0) is 0 Å². The smallest absolute Gasteiger partial charge is 0.146 e. The van der Waals surface area contributed by atoms with Gasteiger partial charge in [0.15, 0.2) is 0 Å². The summed E-state index contributed by atoms with van der Waals surface area (Å²) in [6.07, 6.45) is 1.72. The third-order valence-corrected chi connectivity index (χ3v) is 8.33. The Labute approximate surface area is 229 Å². The summed E-state index contributed by atoms with van der Waals surface area (Å²) in [5.41, 5.74) is 7.47. The van der Waals surface area contributed by atoms with Crippen molar-refractivity contribution in [1.29, 1.82) is 0 Å². The first kappa shape index (κ1) is 21.6. The predicted octanol–water partition coefficient (Wildman–Crippen LogP) is 11.1. The van der Waals surface area contributed by atoms with Crippen LogP contribution in [0.4, 0.5) is 0 Å². The SMILES string of the molecule is c1ccc2cc(-c3c4ccccc4c(-c4ccc5c(c4)oc4c6ccoc6ccc54)c4ccccc34)ccc2c1. The summed E-state index contributed by atoms with van der Waals surface area (Å²) >= 11 is 0. The molecule has 0 N–H and O–H groups in total. The molecule has 0 radical (unpaired) electrons. The van der Waals surface area contributed by atoms with Gasteiger partial charge in [-0.25, -0.2) is 0 Å². The van der Waals surface area contributed by atoms with Gasteiger partial charge in [0.1, 0.15) is 16.7 Å². The fourth-order valence-electron chi connectivity index (χ4n) is 6.53. The molecule has 2 nitrogen and oxygen atoms in total. The highest BCUT2D eigenvalue weighted by atomic mass is 16.3. The van der Waals surface area contributed by atoms with E-state index in [1.807, 2.05) is 12.1 Å². The van der Waals surface area contributed by atoms with Crippen LogP contribution in [0.3, 0.4) is 0 Å². The van der Waals surface area contributed by atoms with Gasteiger partial charge in [-0.2, -0.15) is 0 Å². The molecule has 0 amide bonds. The molecule has 186 valence electrons. The second-order valence-corrected chi connectivity index (χ2v) is 10.5. The number of furan rings is 2. The molecule has 0 aliphatic rings. The summed E-state index contributed by atoms with van der Waals surface area (Å²) in [5.74, 6) is 0. The molecule has 0 bridgehead atoms. The van der Waals surface area contributed by atoms with E-state index in [9.17, 15) is 0 Å². The summed E-state index contributed by atoms with van der Waals surface area (Å²) < 4.78 is 12.1. The molecule has 0 spiro atoms. The predicted molar refractivity (Wildman–Crippen MR) is 167 cm³/mol. The standard InChI is InChI=1S/C38H22O2/c1-2-8-24-21-25(14-13-23(24)7-1)36-28-9-3-5-11-30(28)37(31-12-6-4-10-29(31)36)26-15-16-27-32-17-18-34-33(19-20-39-34)38(32)40-35(27)22-26/h1-22H. The molecule has 9 rings (SSSR count). The van der Waals surface area contributed by atoms with Gasteiger partial charge >= 0.3 is 0 Å². The summed E-state index contributed by atoms with van der Waals surface area (Å²) in [6.45, 7) is 0. The fourth-order valence-corrected chi connectivity index (χ4v) is 6.53. The summed E-state index contributed by atoms with van der Waals surface area (Å²) in [4.78, 5) is 0. The van der Waals surface area contributed by atoms with Crippen LogP contribution in [0.15, 0.2) is 142 Å². The lowest BCUT2D eigenvalue weighted by Crippen LogP contribution is -1.90. The first-order valence-corrected chi connectivity index (χ1v) is 13.6. The molecule has 2 heteroatoms. The van der Waals surface area contributed by atoms with Crippen LogP contribution in [0.1, 0.15) is 0 Å². The van der Waals surface area contributed by atoms with Crippen molar-refractivity contribution < 1.29 is 8.83 Å². The van der Waals surface area contributed by atoms with Crippen LogP contribution in [0.25, 0.3) is 87.5 Å². The average molecular weight is 511 g/mol. The van der Waals surface area contributed by atoms with E-state index in [2.05, 4.69) is 115 Å². The van der Waals surface area contributed by atoms with Crippen LogP contribution in [-0.4, -0.2) is 0 Å². The Morgan fingerprint density at radius 2 is 0.975 bits per heavy atom. The molecule has 40 heavy (non-hydrogen) atoms. The molecule has 0 unspecified atom stereocenters. The van der Waals surface area contributed by atoms with E-state index in [0.29, 0.717) is 0 Å². The Kier molecular flexibility index (Phi) is 4.36. The molecular formula is C38H22O2. The van der Waals surface area contributed by atoms with Gasteiger partial charge in [-0.15, -0.1) is 0 Å². The van der Waals surface area contributed by atoms with Gasteiger partial charge in [0.25, 0.3) is 0 Å². The van der Waals surface area contributed by atoms with Gasteiger partial charge in [-0.1, -0.05) is 91.0 Å². The Bertz CT molecular complexity index is 2380. The van der Waals surface area contributed by atoms with E-state index in [4.69, 9.17) is 8.83 Å². The molecule has 0 atom stereocenters. The zero-order valence-corrected chi connectivity index (χ0v) is 21.5. The third kappa shape index (κ3) is 2.99. The molecule has 0 fully saturated rings. The molecule has 0 saturated carbocycles. The Balaban J connectivity index is 1.36. The van der Waals surface area contributed by atoms with Crippen molar-refractivity contribution in [2.45, 2.75) is 0 Å². The van der Waals surface area contributed by atoms with Crippen LogP contribution >= 0.6 is 0 Å². The highest BCUT2D eigenvalue weighted by molar-refractivity contribution is 6.22. The van der Waals surface area contributed by atoms with Crippen molar-refractivity contribution in [2.75, 3.05) is 0 Å². The maximum Gasteiger partial charge on any atom is 0.146 e. The van der Waals surface area contributed by atoms with E-state index in [1.165, 1.54) is 49.0 Å². The summed E-state index contributed by atoms with van der Waals surface area (Å²) in [6, 6.07) is 45.7. The largest absolute Gasteiger partial charge is 0.464 e. The summed E-state index contributed by atoms with van der Waals surface area (Å²) in [5, 5.41) is 10.7. The molecule has 2 heterocycles. The van der Waals surface area contributed by atoms with E-state index in [1.54, 1.807) is 6.26 Å². The Morgan fingerprint density at radius 1 is 0.375 bits per heavy atom. The maximum absolute atomic E-state index is 6.48. The lowest BCUT2D eigenvalue weighted by Gasteiger charge is -2.18. The monoisotopic (exact) mass is 510 g/mol. The van der Waals surface area contributed by atoms with Gasteiger partial charge in [0.2, 0.25) is 0 Å². The average Bonchev–Trinajstić information content (AvgIpc) is 3.64. The van der Waals surface area contributed by atoms with Crippen LogP contribution in [0.5, 0.6) is 0 Å². The maximum atomic E-state index is 6.48. The van der Waals surface area contributed by atoms with E-state index in [0.717, 1.165) is 38.5 Å². The lowest BCUT2D eigenvalue weighted by molar-refractivity contribution is 0.615. The number of hydrogen-bond acceptors (Lipinski definition) is 2. The summed E-state index contributed by atoms with van der Waals surface area (Å²) in [7, 11) is 0. The van der Waals surface area contributed by atoms with Crippen molar-refractivity contribution in [3.63, 3.8) is 0 Å². The second-order valence-electron chi connectivity index (χ2n) is 10.5. The van der Waals surface area contributed by atoms with Crippen molar-refractivity contribution >= 4 is 65.2 Å². The molecule has 0 aliphatic carbocycles. The third-order valence-electron chi connectivity index (χ3n) is 8.33. The number of rotatable bonds is 2. The van der Waals surface area contributed by atoms with Gasteiger partial charge in [0, 0.05) is 10.8 Å². The fraction of sp³-hybridized carbons (Fsp3) is 0. The van der Waals surface area contributed by atoms with Crippen molar-refractivity contribution in [3.8, 4) is 22.3 Å². The normalized spacial score (nSPS) is 12.0. The van der Waals surface area contributed by atoms with Crippen LogP contribution in [0.2, 0.25) is 0 Å². The molecule has 2 aromatic heterocycles. The van der Waals surface area contributed by atoms with Gasteiger partial charge < -0.3 is 8.83 Å². The van der Waals surface area contributed by atoms with E-state index in [-0.39, 0.29) is 0 Å². The first-order valence-electron chi connectivity index (χ1n) is 13.6. The van der Waals surface area contributed by atoms with Crippen molar-refractivity contribution in [1.82, 2.24) is 0 Å². The van der Waals surface area contributed by atoms with Gasteiger partial charge in [0.05, 0.1) is 11.6 Å². The van der Waals surface area contributed by atoms with Crippen LogP contribution < -0.4 is 0 Å². The molecular weight excluding hydrogens is 488 g/mol. The number of benzene rings is 7. The highest BCUT2D eigenvalue weighted by Gasteiger charge is 2.18. The minimum atomic E-state index is 0.841. The Morgan fingerprint density at radius 3 is 1.70 bits per heavy atom. The van der Waals surface area contributed by atoms with E-state index >= 15 is 0 Å². The topological polar surface area (TPSA) is 26.3 Å². The number of hydrogen-bond donors (Lipinski definition) is 0.